The summed E-state index contributed by atoms with van der Waals surface area (Å²) in [5.74, 6) is 1.67. The molecular weight excluding hydrogens is 248 g/mol. The van der Waals surface area contributed by atoms with Gasteiger partial charge in [-0.1, -0.05) is 27.7 Å². The van der Waals surface area contributed by atoms with Gasteiger partial charge < -0.3 is 15.5 Å². The highest BCUT2D eigenvalue weighted by molar-refractivity contribution is 5.79. The molecule has 0 saturated heterocycles. The highest BCUT2D eigenvalue weighted by Gasteiger charge is 2.19. The van der Waals surface area contributed by atoms with Crippen molar-refractivity contribution in [1.29, 1.82) is 0 Å². The Hall–Kier alpha value is -0.770. The van der Waals surface area contributed by atoms with Crippen molar-refractivity contribution in [2.45, 2.75) is 53.5 Å². The maximum absolute atomic E-state index is 4.32. The van der Waals surface area contributed by atoms with Crippen LogP contribution in [0.4, 0.5) is 0 Å². The fourth-order valence-corrected chi connectivity index (χ4v) is 2.32. The molecule has 0 aromatic carbocycles. The summed E-state index contributed by atoms with van der Waals surface area (Å²) in [5, 5.41) is 6.92. The standard InChI is InChI=1S/C16H36N4/c1-13(2)9-10-14(3)19-15(17-6)18-11-16(4,5)12-20(7)8/h13-14H,9-12H2,1-8H3,(H2,17,18,19). The first kappa shape index (κ1) is 19.2. The SMILES string of the molecule is CN=C(NCC(C)(C)CN(C)C)NC(C)CCC(C)C. The van der Waals surface area contributed by atoms with E-state index in [-0.39, 0.29) is 5.41 Å². The summed E-state index contributed by atoms with van der Waals surface area (Å²) in [6, 6.07) is 0.459. The fourth-order valence-electron chi connectivity index (χ4n) is 2.32. The molecule has 0 radical (unpaired) electrons. The number of hydrogen-bond donors (Lipinski definition) is 2. The van der Waals surface area contributed by atoms with Gasteiger partial charge in [0.25, 0.3) is 0 Å². The summed E-state index contributed by atoms with van der Waals surface area (Å²) in [4.78, 5) is 6.54. The van der Waals surface area contributed by atoms with E-state index >= 15 is 0 Å². The minimum absolute atomic E-state index is 0.224. The lowest BCUT2D eigenvalue weighted by Gasteiger charge is -2.29. The molecule has 4 heteroatoms. The molecule has 0 amide bonds. The number of nitrogens with zero attached hydrogens (tertiary/aromatic N) is 2. The Morgan fingerprint density at radius 1 is 1.15 bits per heavy atom. The van der Waals surface area contributed by atoms with Crippen molar-refractivity contribution >= 4 is 5.96 Å². The summed E-state index contributed by atoms with van der Waals surface area (Å²) in [7, 11) is 6.06. The van der Waals surface area contributed by atoms with E-state index in [1.807, 2.05) is 7.05 Å². The van der Waals surface area contributed by atoms with Crippen molar-refractivity contribution in [1.82, 2.24) is 15.5 Å². The summed E-state index contributed by atoms with van der Waals surface area (Å²) in [5.41, 5.74) is 0.224. The van der Waals surface area contributed by atoms with Gasteiger partial charge in [0.15, 0.2) is 5.96 Å². The molecule has 0 aliphatic heterocycles. The minimum Gasteiger partial charge on any atom is -0.356 e. The molecule has 0 aromatic heterocycles. The Kier molecular flexibility index (Phi) is 8.86. The molecule has 0 rings (SSSR count). The first-order valence-electron chi connectivity index (χ1n) is 7.78. The highest BCUT2D eigenvalue weighted by atomic mass is 15.2. The van der Waals surface area contributed by atoms with E-state index in [0.29, 0.717) is 6.04 Å². The Morgan fingerprint density at radius 2 is 1.75 bits per heavy atom. The molecule has 0 heterocycles. The van der Waals surface area contributed by atoms with Crippen molar-refractivity contribution in [2.75, 3.05) is 34.2 Å². The van der Waals surface area contributed by atoms with Crippen molar-refractivity contribution in [3.8, 4) is 0 Å². The van der Waals surface area contributed by atoms with Crippen LogP contribution in [0, 0.1) is 11.3 Å². The number of aliphatic imine (C=N–C) groups is 1. The van der Waals surface area contributed by atoms with Crippen LogP contribution in [0.25, 0.3) is 0 Å². The van der Waals surface area contributed by atoms with E-state index in [9.17, 15) is 0 Å². The molecule has 0 spiro atoms. The molecule has 20 heavy (non-hydrogen) atoms. The van der Waals surface area contributed by atoms with Gasteiger partial charge in [0.05, 0.1) is 0 Å². The molecule has 1 atom stereocenters. The minimum atomic E-state index is 0.224. The van der Waals surface area contributed by atoms with E-state index < -0.39 is 0 Å². The molecule has 120 valence electrons. The van der Waals surface area contributed by atoms with Crippen LogP contribution in [-0.2, 0) is 0 Å². The molecule has 2 N–H and O–H groups in total. The van der Waals surface area contributed by atoms with Crippen LogP contribution in [0.2, 0.25) is 0 Å². The van der Waals surface area contributed by atoms with Crippen LogP contribution in [0.5, 0.6) is 0 Å². The molecule has 0 saturated carbocycles. The lowest BCUT2D eigenvalue weighted by Crippen LogP contribution is -2.47. The molecule has 0 aliphatic rings. The summed E-state index contributed by atoms with van der Waals surface area (Å²) in [6.45, 7) is 13.3. The van der Waals surface area contributed by atoms with E-state index in [1.54, 1.807) is 0 Å². The van der Waals surface area contributed by atoms with Crippen LogP contribution < -0.4 is 10.6 Å². The number of guanidine groups is 1. The van der Waals surface area contributed by atoms with Gasteiger partial charge in [-0.05, 0) is 45.2 Å². The average Bonchev–Trinajstić information content (AvgIpc) is 2.30. The van der Waals surface area contributed by atoms with Crippen molar-refractivity contribution < 1.29 is 0 Å². The largest absolute Gasteiger partial charge is 0.356 e. The Balaban J connectivity index is 4.16. The molecule has 0 aromatic rings. The van der Waals surface area contributed by atoms with Gasteiger partial charge >= 0.3 is 0 Å². The first-order valence-corrected chi connectivity index (χ1v) is 7.78. The third kappa shape index (κ3) is 10.1. The summed E-state index contributed by atoms with van der Waals surface area (Å²) >= 11 is 0. The van der Waals surface area contributed by atoms with Gasteiger partial charge in [-0.25, -0.2) is 0 Å². The van der Waals surface area contributed by atoms with Crippen molar-refractivity contribution in [3.05, 3.63) is 0 Å². The lowest BCUT2D eigenvalue weighted by molar-refractivity contribution is 0.241. The second-order valence-electron chi connectivity index (χ2n) is 7.34. The first-order chi connectivity index (χ1) is 9.16. The van der Waals surface area contributed by atoms with Gasteiger partial charge in [0.2, 0.25) is 0 Å². The zero-order valence-electron chi connectivity index (χ0n) is 14.9. The lowest BCUT2D eigenvalue weighted by atomic mass is 9.93. The van der Waals surface area contributed by atoms with Gasteiger partial charge in [-0.2, -0.15) is 0 Å². The second-order valence-corrected chi connectivity index (χ2v) is 7.34. The van der Waals surface area contributed by atoms with E-state index in [2.05, 4.69) is 69.2 Å². The van der Waals surface area contributed by atoms with E-state index in [0.717, 1.165) is 25.0 Å². The molecular formula is C16H36N4. The molecule has 0 bridgehead atoms. The number of rotatable bonds is 8. The van der Waals surface area contributed by atoms with Crippen LogP contribution in [0.1, 0.15) is 47.5 Å². The Morgan fingerprint density at radius 3 is 2.20 bits per heavy atom. The predicted octanol–water partition coefficient (Wildman–Crippen LogP) is 2.56. The smallest absolute Gasteiger partial charge is 0.191 e. The average molecular weight is 284 g/mol. The molecule has 1 unspecified atom stereocenters. The van der Waals surface area contributed by atoms with Gasteiger partial charge in [0, 0.05) is 26.2 Å². The van der Waals surface area contributed by atoms with Crippen LogP contribution in [0.15, 0.2) is 4.99 Å². The summed E-state index contributed by atoms with van der Waals surface area (Å²) < 4.78 is 0. The maximum atomic E-state index is 4.32. The quantitative estimate of drug-likeness (QED) is 0.531. The predicted molar refractivity (Wildman–Crippen MR) is 90.4 cm³/mol. The number of nitrogens with one attached hydrogen (secondary N) is 2. The number of hydrogen-bond acceptors (Lipinski definition) is 2. The molecule has 0 aliphatic carbocycles. The zero-order chi connectivity index (χ0) is 15.8. The normalized spacial score (nSPS) is 14.8. The third-order valence-corrected chi connectivity index (χ3v) is 3.26. The monoisotopic (exact) mass is 284 g/mol. The van der Waals surface area contributed by atoms with Gasteiger partial charge in [-0.3, -0.25) is 4.99 Å². The molecule has 4 nitrogen and oxygen atoms in total. The van der Waals surface area contributed by atoms with Crippen molar-refractivity contribution in [3.63, 3.8) is 0 Å². The molecule has 0 fully saturated rings. The van der Waals surface area contributed by atoms with E-state index in [4.69, 9.17) is 0 Å². The Bertz CT molecular complexity index is 282. The fraction of sp³-hybridized carbons (Fsp3) is 0.938. The third-order valence-electron chi connectivity index (χ3n) is 3.26. The highest BCUT2D eigenvalue weighted by Crippen LogP contribution is 2.14. The summed E-state index contributed by atoms with van der Waals surface area (Å²) in [6.07, 6.45) is 2.43. The van der Waals surface area contributed by atoms with Gasteiger partial charge in [-0.15, -0.1) is 0 Å². The maximum Gasteiger partial charge on any atom is 0.191 e. The van der Waals surface area contributed by atoms with Crippen LogP contribution >= 0.6 is 0 Å². The van der Waals surface area contributed by atoms with Gasteiger partial charge in [0.1, 0.15) is 0 Å². The topological polar surface area (TPSA) is 39.7 Å². The second kappa shape index (κ2) is 9.22. The van der Waals surface area contributed by atoms with Crippen LogP contribution in [0.3, 0.4) is 0 Å². The van der Waals surface area contributed by atoms with Crippen LogP contribution in [-0.4, -0.2) is 51.1 Å². The Labute approximate surface area is 126 Å². The zero-order valence-corrected chi connectivity index (χ0v) is 14.9. The van der Waals surface area contributed by atoms with Crippen molar-refractivity contribution in [2.24, 2.45) is 16.3 Å². The van der Waals surface area contributed by atoms with E-state index in [1.165, 1.54) is 12.8 Å².